The molecule has 0 aliphatic carbocycles. The number of hydrogen-bond acceptors (Lipinski definition) is 7. The zero-order valence-corrected chi connectivity index (χ0v) is 16.1. The van der Waals surface area contributed by atoms with Gasteiger partial charge < -0.3 is 4.74 Å². The van der Waals surface area contributed by atoms with Crippen LogP contribution >= 0.6 is 11.8 Å². The molecule has 0 spiro atoms. The highest BCUT2D eigenvalue weighted by molar-refractivity contribution is 7.99. The van der Waals surface area contributed by atoms with Gasteiger partial charge in [-0.15, -0.1) is 11.8 Å². The third-order valence-corrected chi connectivity index (χ3v) is 5.94. The number of benzene rings is 2. The summed E-state index contributed by atoms with van der Waals surface area (Å²) in [7, 11) is 1.50. The van der Waals surface area contributed by atoms with Crippen molar-refractivity contribution in [2.24, 2.45) is 5.92 Å². The third kappa shape index (κ3) is 3.39. The zero-order valence-electron chi connectivity index (χ0n) is 15.3. The predicted molar refractivity (Wildman–Crippen MR) is 103 cm³/mol. The lowest BCUT2D eigenvalue weighted by Crippen LogP contribution is -2.35. The molecule has 2 atom stereocenters. The van der Waals surface area contributed by atoms with E-state index in [4.69, 9.17) is 9.57 Å². The molecule has 2 aromatic carbocycles. The number of nitriles is 1. The van der Waals surface area contributed by atoms with Crippen LogP contribution in [0.3, 0.4) is 0 Å². The average Bonchev–Trinajstić information content (AvgIpc) is 3.18. The van der Waals surface area contributed by atoms with Crippen molar-refractivity contribution in [2.75, 3.05) is 12.9 Å². The van der Waals surface area contributed by atoms with Crippen LogP contribution in [0.1, 0.15) is 15.9 Å². The van der Waals surface area contributed by atoms with E-state index < -0.39 is 29.4 Å². The highest BCUT2D eigenvalue weighted by Gasteiger charge is 2.42. The van der Waals surface area contributed by atoms with Crippen LogP contribution in [0.4, 0.5) is 4.39 Å². The quantitative estimate of drug-likeness (QED) is 0.598. The van der Waals surface area contributed by atoms with E-state index in [0.717, 1.165) is 4.90 Å². The number of ether oxygens (including phenoxy) is 1. The normalized spacial score (nSPS) is 18.2. The smallest absolute Gasteiger partial charge is 0.193 e. The molecule has 146 valence electrons. The standard InChI is InChI=1S/C21H15FN2O4S/c1-27-13-5-2-11(3-6-13)19(25)15(9-23)20(26)21-16-10-29-17-7-4-12(22)8-14(17)18(16)24-28-21/h2-8,15,21,24H,10H2,1H3. The number of Topliss-reactive ketones (excluding diaryl/α,β-unsaturated/α-hetero) is 2. The molecule has 0 bridgehead atoms. The van der Waals surface area contributed by atoms with Crippen LogP contribution in [-0.4, -0.2) is 30.5 Å². The maximum absolute atomic E-state index is 13.7. The van der Waals surface area contributed by atoms with Gasteiger partial charge in [-0.1, -0.05) is 0 Å². The van der Waals surface area contributed by atoms with E-state index in [2.05, 4.69) is 5.48 Å². The molecule has 8 heteroatoms. The van der Waals surface area contributed by atoms with E-state index in [1.165, 1.54) is 43.1 Å². The van der Waals surface area contributed by atoms with Gasteiger partial charge in [-0.25, -0.2) is 4.39 Å². The summed E-state index contributed by atoms with van der Waals surface area (Å²) in [6.07, 6.45) is -1.08. The predicted octanol–water partition coefficient (Wildman–Crippen LogP) is 3.15. The molecule has 0 amide bonds. The number of carbonyl (C=O) groups excluding carboxylic acids is 2. The number of hydrogen-bond donors (Lipinski definition) is 1. The largest absolute Gasteiger partial charge is 0.497 e. The molecule has 2 aliphatic rings. The van der Waals surface area contributed by atoms with Crippen LogP contribution in [0, 0.1) is 23.1 Å². The number of fused-ring (bicyclic) bond motifs is 2. The van der Waals surface area contributed by atoms with Gasteiger partial charge in [0, 0.05) is 27.3 Å². The molecule has 2 unspecified atom stereocenters. The lowest BCUT2D eigenvalue weighted by molar-refractivity contribution is -0.130. The summed E-state index contributed by atoms with van der Waals surface area (Å²) in [5.41, 5.74) is 4.64. The summed E-state index contributed by atoms with van der Waals surface area (Å²) in [5, 5.41) is 9.52. The Balaban J connectivity index is 1.62. The van der Waals surface area contributed by atoms with Gasteiger partial charge in [0.2, 0.25) is 0 Å². The minimum atomic E-state index is -1.51. The van der Waals surface area contributed by atoms with Crippen LogP contribution < -0.4 is 10.2 Å². The van der Waals surface area contributed by atoms with E-state index in [9.17, 15) is 19.2 Å². The maximum atomic E-state index is 13.7. The first-order chi connectivity index (χ1) is 14.0. The maximum Gasteiger partial charge on any atom is 0.193 e. The van der Waals surface area contributed by atoms with Crippen LogP contribution in [0.5, 0.6) is 5.75 Å². The number of halogens is 1. The summed E-state index contributed by atoms with van der Waals surface area (Å²) < 4.78 is 18.7. The summed E-state index contributed by atoms with van der Waals surface area (Å²) in [6.45, 7) is 0. The third-order valence-electron chi connectivity index (χ3n) is 4.82. The van der Waals surface area contributed by atoms with E-state index in [-0.39, 0.29) is 5.56 Å². The van der Waals surface area contributed by atoms with Crippen molar-refractivity contribution in [1.82, 2.24) is 5.48 Å². The summed E-state index contributed by atoms with van der Waals surface area (Å²) in [4.78, 5) is 32.0. The number of thioether (sulfide) groups is 1. The molecule has 6 nitrogen and oxygen atoms in total. The van der Waals surface area contributed by atoms with E-state index in [1.807, 2.05) is 0 Å². The Morgan fingerprint density at radius 1 is 1.31 bits per heavy atom. The second kappa shape index (κ2) is 7.70. The van der Waals surface area contributed by atoms with Crippen LogP contribution in [0.15, 0.2) is 52.9 Å². The number of hydroxylamine groups is 1. The number of carbonyl (C=O) groups is 2. The molecule has 2 heterocycles. The monoisotopic (exact) mass is 410 g/mol. The molecule has 2 aliphatic heterocycles. The highest BCUT2D eigenvalue weighted by atomic mass is 32.2. The van der Waals surface area contributed by atoms with Crippen molar-refractivity contribution in [3.05, 3.63) is 65.0 Å². The first-order valence-electron chi connectivity index (χ1n) is 8.72. The van der Waals surface area contributed by atoms with Crippen molar-refractivity contribution in [3.8, 4) is 11.8 Å². The number of methoxy groups -OCH3 is 1. The van der Waals surface area contributed by atoms with Crippen molar-refractivity contribution >= 4 is 29.0 Å². The lowest BCUT2D eigenvalue weighted by atomic mass is 9.89. The van der Waals surface area contributed by atoms with Gasteiger partial charge in [0.05, 0.1) is 18.9 Å². The van der Waals surface area contributed by atoms with Crippen molar-refractivity contribution in [1.29, 1.82) is 5.26 Å². The van der Waals surface area contributed by atoms with Crippen molar-refractivity contribution in [3.63, 3.8) is 0 Å². The van der Waals surface area contributed by atoms with Gasteiger partial charge in [-0.05, 0) is 42.5 Å². The Morgan fingerprint density at radius 3 is 2.76 bits per heavy atom. The average molecular weight is 410 g/mol. The minimum Gasteiger partial charge on any atom is -0.497 e. The fourth-order valence-electron chi connectivity index (χ4n) is 3.29. The van der Waals surface area contributed by atoms with Gasteiger partial charge in [-0.2, -0.15) is 5.26 Å². The molecule has 1 N–H and O–H groups in total. The molecule has 4 rings (SSSR count). The molecule has 0 fully saturated rings. The number of rotatable bonds is 5. The Morgan fingerprint density at radius 2 is 2.07 bits per heavy atom. The van der Waals surface area contributed by atoms with E-state index >= 15 is 0 Å². The second-order valence-electron chi connectivity index (χ2n) is 6.49. The summed E-state index contributed by atoms with van der Waals surface area (Å²) >= 11 is 1.44. The Labute approximate surface area is 170 Å². The Kier molecular flexibility index (Phi) is 5.09. The Bertz CT molecular complexity index is 1080. The van der Waals surface area contributed by atoms with Crippen molar-refractivity contribution in [2.45, 2.75) is 11.0 Å². The molecular weight excluding hydrogens is 395 g/mol. The highest BCUT2D eigenvalue weighted by Crippen LogP contribution is 2.41. The summed E-state index contributed by atoms with van der Waals surface area (Å²) in [6, 6.07) is 12.4. The van der Waals surface area contributed by atoms with Gasteiger partial charge in [-0.3, -0.25) is 19.9 Å². The van der Waals surface area contributed by atoms with Gasteiger partial charge in [0.1, 0.15) is 11.6 Å². The molecule has 0 saturated carbocycles. The van der Waals surface area contributed by atoms with Crippen LogP contribution in [-0.2, 0) is 9.63 Å². The topological polar surface area (TPSA) is 88.4 Å². The van der Waals surface area contributed by atoms with Crippen molar-refractivity contribution < 1.29 is 23.6 Å². The molecular formula is C21H15FN2O4S. The number of ketones is 2. The molecule has 0 radical (unpaired) electrons. The summed E-state index contributed by atoms with van der Waals surface area (Å²) in [5.74, 6) is -2.17. The fourth-order valence-corrected chi connectivity index (χ4v) is 4.38. The van der Waals surface area contributed by atoms with Gasteiger partial charge in [0.15, 0.2) is 23.6 Å². The molecule has 0 aromatic heterocycles. The number of nitrogens with zero attached hydrogens (tertiary/aromatic N) is 1. The minimum absolute atomic E-state index is 0.233. The van der Waals surface area contributed by atoms with E-state index in [0.29, 0.717) is 28.3 Å². The molecule has 29 heavy (non-hydrogen) atoms. The first kappa shape index (κ1) is 19.2. The zero-order chi connectivity index (χ0) is 20.5. The SMILES string of the molecule is COc1ccc(C(=O)C(C#N)C(=O)C2ONC3=C2CSc2ccc(F)cc23)cc1. The molecule has 0 saturated heterocycles. The Hall–Kier alpha value is -3.15. The van der Waals surface area contributed by atoms with Crippen LogP contribution in [0.25, 0.3) is 5.70 Å². The number of nitrogens with one attached hydrogen (secondary N) is 1. The lowest BCUT2D eigenvalue weighted by Gasteiger charge is -2.19. The second-order valence-corrected chi connectivity index (χ2v) is 7.50. The molecule has 2 aromatic rings. The van der Waals surface area contributed by atoms with Crippen LogP contribution in [0.2, 0.25) is 0 Å². The fraction of sp³-hybridized carbons (Fsp3) is 0.190. The van der Waals surface area contributed by atoms with Gasteiger partial charge in [0.25, 0.3) is 0 Å². The van der Waals surface area contributed by atoms with Gasteiger partial charge >= 0.3 is 0 Å². The van der Waals surface area contributed by atoms with E-state index in [1.54, 1.807) is 24.3 Å². The first-order valence-corrected chi connectivity index (χ1v) is 9.71.